The molecule has 1 aromatic rings. The third kappa shape index (κ3) is 4.61. The maximum absolute atomic E-state index is 12.2. The second-order valence-corrected chi connectivity index (χ2v) is 8.29. The van der Waals surface area contributed by atoms with Gasteiger partial charge in [0.1, 0.15) is 6.61 Å². The lowest BCUT2D eigenvalue weighted by atomic mass is 10.0. The van der Waals surface area contributed by atoms with E-state index in [1.165, 1.54) is 0 Å². The maximum atomic E-state index is 12.2. The lowest BCUT2D eigenvalue weighted by Crippen LogP contribution is -2.39. The first kappa shape index (κ1) is 17.1. The Kier molecular flexibility index (Phi) is 5.69. The molecule has 5 nitrogen and oxygen atoms in total. The Morgan fingerprint density at radius 2 is 2.05 bits per heavy atom. The van der Waals surface area contributed by atoms with Crippen molar-refractivity contribution in [2.75, 3.05) is 12.3 Å². The van der Waals surface area contributed by atoms with Gasteiger partial charge in [-0.25, -0.2) is 13.2 Å². The summed E-state index contributed by atoms with van der Waals surface area (Å²) in [5, 5.41) is 0. The summed E-state index contributed by atoms with van der Waals surface area (Å²) in [4.78, 5) is 13.8. The molecule has 1 saturated heterocycles. The van der Waals surface area contributed by atoms with Crippen molar-refractivity contribution in [2.24, 2.45) is 5.92 Å². The Labute approximate surface area is 135 Å². The topological polar surface area (TPSA) is 63.7 Å². The fourth-order valence-electron chi connectivity index (χ4n) is 2.95. The van der Waals surface area contributed by atoms with Gasteiger partial charge in [0.2, 0.25) is 9.05 Å². The van der Waals surface area contributed by atoms with E-state index in [2.05, 4.69) is 0 Å². The number of likely N-dealkylation sites (tertiary alicyclic amines) is 1. The number of benzene rings is 1. The molecule has 1 amide bonds. The first-order valence-corrected chi connectivity index (χ1v) is 9.78. The van der Waals surface area contributed by atoms with Crippen molar-refractivity contribution >= 4 is 25.8 Å². The third-order valence-electron chi connectivity index (χ3n) is 3.96. The zero-order valence-electron chi connectivity index (χ0n) is 12.4. The largest absolute Gasteiger partial charge is 0.445 e. The van der Waals surface area contributed by atoms with E-state index in [1.807, 2.05) is 37.3 Å². The zero-order chi connectivity index (χ0) is 16.2. The van der Waals surface area contributed by atoms with E-state index < -0.39 is 15.1 Å². The Morgan fingerprint density at radius 3 is 2.64 bits per heavy atom. The molecule has 2 rings (SSSR count). The molecule has 0 spiro atoms. The highest BCUT2D eigenvalue weighted by atomic mass is 35.7. The summed E-state index contributed by atoms with van der Waals surface area (Å²) >= 11 is 0. The average Bonchev–Trinajstić information content (AvgIpc) is 2.86. The number of ether oxygens (including phenoxy) is 1. The summed E-state index contributed by atoms with van der Waals surface area (Å²) in [5.41, 5.74) is 0.919. The van der Waals surface area contributed by atoms with E-state index in [0.29, 0.717) is 19.4 Å². The van der Waals surface area contributed by atoms with Gasteiger partial charge in [0.05, 0.1) is 5.75 Å². The quantitative estimate of drug-likeness (QED) is 0.769. The molecule has 0 N–H and O–H groups in total. The molecule has 1 aromatic carbocycles. The Morgan fingerprint density at radius 1 is 1.36 bits per heavy atom. The smallest absolute Gasteiger partial charge is 0.410 e. The van der Waals surface area contributed by atoms with Gasteiger partial charge in [-0.05, 0) is 24.3 Å². The third-order valence-corrected chi connectivity index (χ3v) is 5.16. The van der Waals surface area contributed by atoms with Crippen molar-refractivity contribution in [3.63, 3.8) is 0 Å². The maximum Gasteiger partial charge on any atom is 0.410 e. The SMILES string of the molecule is CCC1C(CS(=O)(=O)Cl)CCN1C(=O)OCc1ccccc1. The lowest BCUT2D eigenvalue weighted by Gasteiger charge is -2.26. The van der Waals surface area contributed by atoms with E-state index >= 15 is 0 Å². The number of carbonyl (C=O) groups is 1. The van der Waals surface area contributed by atoms with Crippen molar-refractivity contribution in [3.8, 4) is 0 Å². The second kappa shape index (κ2) is 7.33. The predicted octanol–water partition coefficient (Wildman–Crippen LogP) is 2.99. The summed E-state index contributed by atoms with van der Waals surface area (Å²) in [5.74, 6) is -0.230. The van der Waals surface area contributed by atoms with Gasteiger partial charge in [-0.2, -0.15) is 0 Å². The fourth-order valence-corrected chi connectivity index (χ4v) is 4.34. The Bertz CT molecular complexity index is 605. The number of halogens is 1. The molecule has 7 heteroatoms. The van der Waals surface area contributed by atoms with Crippen LogP contribution in [-0.2, 0) is 20.4 Å². The van der Waals surface area contributed by atoms with Crippen LogP contribution in [0.15, 0.2) is 30.3 Å². The number of rotatable bonds is 5. The molecule has 1 aliphatic heterocycles. The van der Waals surface area contributed by atoms with Crippen LogP contribution in [0, 0.1) is 5.92 Å². The molecule has 1 heterocycles. The van der Waals surface area contributed by atoms with Crippen LogP contribution in [0.5, 0.6) is 0 Å². The van der Waals surface area contributed by atoms with Crippen LogP contribution in [0.25, 0.3) is 0 Å². The van der Waals surface area contributed by atoms with E-state index in [0.717, 1.165) is 5.56 Å². The summed E-state index contributed by atoms with van der Waals surface area (Å²) in [7, 11) is 1.78. The Hall–Kier alpha value is -1.27. The van der Waals surface area contributed by atoms with Crippen LogP contribution in [-0.4, -0.2) is 37.8 Å². The lowest BCUT2D eigenvalue weighted by molar-refractivity contribution is 0.0884. The van der Waals surface area contributed by atoms with E-state index in [4.69, 9.17) is 15.4 Å². The standard InChI is InChI=1S/C15H20ClNO4S/c1-2-14-13(11-22(16,19)20)8-9-17(14)15(18)21-10-12-6-4-3-5-7-12/h3-7,13-14H,2,8-11H2,1H3. The molecular weight excluding hydrogens is 326 g/mol. The minimum absolute atomic E-state index is 0.102. The molecule has 0 bridgehead atoms. The monoisotopic (exact) mass is 345 g/mol. The van der Waals surface area contributed by atoms with Crippen LogP contribution in [0.4, 0.5) is 4.79 Å². The van der Waals surface area contributed by atoms with Crippen LogP contribution < -0.4 is 0 Å². The summed E-state index contributed by atoms with van der Waals surface area (Å²) in [6, 6.07) is 9.30. The minimum atomic E-state index is -3.56. The van der Waals surface area contributed by atoms with Crippen molar-refractivity contribution in [2.45, 2.75) is 32.4 Å². The highest BCUT2D eigenvalue weighted by Crippen LogP contribution is 2.29. The Balaban J connectivity index is 1.95. The van der Waals surface area contributed by atoms with Gasteiger partial charge in [-0.3, -0.25) is 0 Å². The van der Waals surface area contributed by atoms with Gasteiger partial charge in [0.25, 0.3) is 0 Å². The van der Waals surface area contributed by atoms with Gasteiger partial charge >= 0.3 is 6.09 Å². The van der Waals surface area contributed by atoms with Gasteiger partial charge in [0, 0.05) is 23.3 Å². The van der Waals surface area contributed by atoms with Gasteiger partial charge < -0.3 is 9.64 Å². The number of hydrogen-bond donors (Lipinski definition) is 0. The molecule has 1 aliphatic rings. The summed E-state index contributed by atoms with van der Waals surface area (Å²) < 4.78 is 27.9. The number of carbonyl (C=O) groups excluding carboxylic acids is 1. The number of nitrogens with zero attached hydrogens (tertiary/aromatic N) is 1. The molecule has 0 aliphatic carbocycles. The van der Waals surface area contributed by atoms with Gasteiger partial charge in [-0.1, -0.05) is 37.3 Å². The van der Waals surface area contributed by atoms with Crippen LogP contribution in [0.3, 0.4) is 0 Å². The molecule has 2 atom stereocenters. The molecule has 0 aromatic heterocycles. The van der Waals surface area contributed by atoms with Crippen LogP contribution in [0.1, 0.15) is 25.3 Å². The molecule has 1 fully saturated rings. The average molecular weight is 346 g/mol. The van der Waals surface area contributed by atoms with Crippen molar-refractivity contribution in [1.82, 2.24) is 4.90 Å². The van der Waals surface area contributed by atoms with Crippen LogP contribution >= 0.6 is 10.7 Å². The van der Waals surface area contributed by atoms with Crippen molar-refractivity contribution in [3.05, 3.63) is 35.9 Å². The fraction of sp³-hybridized carbons (Fsp3) is 0.533. The van der Waals surface area contributed by atoms with Crippen LogP contribution in [0.2, 0.25) is 0 Å². The molecule has 122 valence electrons. The van der Waals surface area contributed by atoms with E-state index in [1.54, 1.807) is 4.90 Å². The number of amides is 1. The molecular formula is C15H20ClNO4S. The molecule has 22 heavy (non-hydrogen) atoms. The molecule has 0 radical (unpaired) electrons. The van der Waals surface area contributed by atoms with Gasteiger partial charge in [0.15, 0.2) is 0 Å². The minimum Gasteiger partial charge on any atom is -0.445 e. The normalized spacial score (nSPS) is 21.8. The van der Waals surface area contributed by atoms with E-state index in [9.17, 15) is 13.2 Å². The molecule has 2 unspecified atom stereocenters. The van der Waals surface area contributed by atoms with Gasteiger partial charge in [-0.15, -0.1) is 0 Å². The first-order valence-electron chi connectivity index (χ1n) is 7.30. The van der Waals surface area contributed by atoms with Crippen molar-refractivity contribution in [1.29, 1.82) is 0 Å². The molecule has 0 saturated carbocycles. The summed E-state index contributed by atoms with van der Waals surface area (Å²) in [6.45, 7) is 2.65. The zero-order valence-corrected chi connectivity index (χ0v) is 14.0. The second-order valence-electron chi connectivity index (χ2n) is 5.46. The van der Waals surface area contributed by atoms with Crippen molar-refractivity contribution < 1.29 is 17.9 Å². The van der Waals surface area contributed by atoms with E-state index in [-0.39, 0.29) is 24.3 Å². The highest BCUT2D eigenvalue weighted by molar-refractivity contribution is 8.13. The summed E-state index contributed by atoms with van der Waals surface area (Å²) in [6.07, 6.45) is 0.910. The number of hydrogen-bond acceptors (Lipinski definition) is 4. The predicted molar refractivity (Wildman–Crippen MR) is 85.2 cm³/mol. The first-order chi connectivity index (χ1) is 10.4. The highest BCUT2D eigenvalue weighted by Gasteiger charge is 2.38.